The van der Waals surface area contributed by atoms with Crippen LogP contribution in [0.1, 0.15) is 34.7 Å². The van der Waals surface area contributed by atoms with Crippen LogP contribution in [0, 0.1) is 5.82 Å². The van der Waals surface area contributed by atoms with Crippen LogP contribution in [0.2, 0.25) is 0 Å². The Morgan fingerprint density at radius 3 is 2.21 bits per heavy atom. The van der Waals surface area contributed by atoms with Crippen molar-refractivity contribution in [1.29, 1.82) is 0 Å². The molecule has 11 heteroatoms. The maximum absolute atomic E-state index is 13.1. The van der Waals surface area contributed by atoms with Gasteiger partial charge in [-0.1, -0.05) is 0 Å². The lowest BCUT2D eigenvalue weighted by atomic mass is 10.0. The van der Waals surface area contributed by atoms with Crippen LogP contribution < -0.4 is 14.8 Å². The van der Waals surface area contributed by atoms with E-state index in [1.165, 1.54) is 30.3 Å². The molecule has 0 atom stereocenters. The number of benzene rings is 3. The Kier molecular flexibility index (Phi) is 6.31. The van der Waals surface area contributed by atoms with Crippen molar-refractivity contribution in [2.24, 2.45) is 5.73 Å². The minimum Gasteiger partial charge on any atom is -0.478 e. The number of fused-ring (bicyclic) bond motifs is 1. The molecule has 1 amide bonds. The second-order valence-corrected chi connectivity index (χ2v) is 11.0. The van der Waals surface area contributed by atoms with Crippen LogP contribution in [0.4, 0.5) is 10.1 Å². The molecule has 196 valence electrons. The second-order valence-electron chi connectivity index (χ2n) is 9.11. The number of halogens is 1. The van der Waals surface area contributed by atoms with Gasteiger partial charge in [0, 0.05) is 17.0 Å². The predicted molar refractivity (Wildman–Crippen MR) is 138 cm³/mol. The summed E-state index contributed by atoms with van der Waals surface area (Å²) in [6, 6.07) is 15.1. The highest BCUT2D eigenvalue weighted by molar-refractivity contribution is 7.92. The molecule has 1 heterocycles. The Morgan fingerprint density at radius 2 is 1.68 bits per heavy atom. The molecule has 1 aromatic heterocycles. The Labute approximate surface area is 217 Å². The number of anilines is 1. The summed E-state index contributed by atoms with van der Waals surface area (Å²) in [5, 5.41) is 10.4. The molecule has 0 saturated heterocycles. The summed E-state index contributed by atoms with van der Waals surface area (Å²) in [4.78, 5) is 24.0. The van der Waals surface area contributed by atoms with E-state index in [1.54, 1.807) is 30.3 Å². The Morgan fingerprint density at radius 1 is 1.08 bits per heavy atom. The predicted octanol–water partition coefficient (Wildman–Crippen LogP) is 4.86. The van der Waals surface area contributed by atoms with Crippen molar-refractivity contribution in [3.8, 4) is 22.8 Å². The minimum absolute atomic E-state index is 0.0226. The van der Waals surface area contributed by atoms with Gasteiger partial charge in [0.05, 0.1) is 11.9 Å². The number of carbonyl (C=O) groups excluding carboxylic acids is 1. The van der Waals surface area contributed by atoms with Crippen molar-refractivity contribution in [3.63, 3.8) is 0 Å². The maximum Gasteiger partial charge on any atom is 0.340 e. The molecule has 0 unspecified atom stereocenters. The van der Waals surface area contributed by atoms with Crippen LogP contribution in [-0.4, -0.2) is 38.2 Å². The van der Waals surface area contributed by atoms with E-state index in [-0.39, 0.29) is 34.3 Å². The number of amides is 1. The number of hydrogen-bond acceptors (Lipinski definition) is 6. The molecule has 1 aliphatic carbocycles. The monoisotopic (exact) mass is 538 g/mol. The fourth-order valence-electron chi connectivity index (χ4n) is 4.34. The highest BCUT2D eigenvalue weighted by Gasteiger charge is 2.33. The van der Waals surface area contributed by atoms with E-state index in [2.05, 4.69) is 0 Å². The number of nitrogens with zero attached hydrogens (tertiary/aromatic N) is 1. The van der Waals surface area contributed by atoms with Crippen LogP contribution in [-0.2, 0) is 14.8 Å². The summed E-state index contributed by atoms with van der Waals surface area (Å²) >= 11 is 0. The number of carboxylic acid groups (broad SMARTS) is 1. The Bertz CT molecular complexity index is 1660. The van der Waals surface area contributed by atoms with E-state index in [9.17, 15) is 27.5 Å². The SMILES string of the molecule is CS(=O)(=O)N(CC(N)=O)c1cc2oc(-c3ccc(Oc4ccc(F)cc4)cc3)c(C(=O)O)c2cc1C1CC1. The molecule has 0 aliphatic heterocycles. The fourth-order valence-corrected chi connectivity index (χ4v) is 5.21. The lowest BCUT2D eigenvalue weighted by Crippen LogP contribution is -2.38. The largest absolute Gasteiger partial charge is 0.478 e. The van der Waals surface area contributed by atoms with Crippen molar-refractivity contribution >= 4 is 38.6 Å². The van der Waals surface area contributed by atoms with Gasteiger partial charge in [0.15, 0.2) is 0 Å². The van der Waals surface area contributed by atoms with Gasteiger partial charge in [-0.15, -0.1) is 0 Å². The van der Waals surface area contributed by atoms with Gasteiger partial charge in [0.2, 0.25) is 15.9 Å². The highest BCUT2D eigenvalue weighted by Crippen LogP contribution is 2.48. The molecule has 1 fully saturated rings. The van der Waals surface area contributed by atoms with E-state index in [1.807, 2.05) is 0 Å². The number of carbonyl (C=O) groups is 2. The van der Waals surface area contributed by atoms with Gasteiger partial charge < -0.3 is 20.0 Å². The zero-order valence-corrected chi connectivity index (χ0v) is 21.0. The first-order valence-corrected chi connectivity index (χ1v) is 13.5. The second kappa shape index (κ2) is 9.49. The molecule has 38 heavy (non-hydrogen) atoms. The third kappa shape index (κ3) is 5.05. The first kappa shape index (κ1) is 25.3. The quantitative estimate of drug-likeness (QED) is 0.310. The zero-order chi connectivity index (χ0) is 27.2. The molecule has 5 rings (SSSR count). The number of hydrogen-bond donors (Lipinski definition) is 2. The molecule has 1 saturated carbocycles. The molecule has 4 aromatic rings. The summed E-state index contributed by atoms with van der Waals surface area (Å²) in [6.07, 6.45) is 2.58. The summed E-state index contributed by atoms with van der Waals surface area (Å²) in [6.45, 7) is -0.557. The number of primary amides is 1. The number of furan rings is 1. The minimum atomic E-state index is -3.87. The smallest absolute Gasteiger partial charge is 0.340 e. The fraction of sp³-hybridized carbons (Fsp3) is 0.185. The zero-order valence-electron chi connectivity index (χ0n) is 20.2. The maximum atomic E-state index is 13.1. The molecule has 0 bridgehead atoms. The third-order valence-corrected chi connectivity index (χ3v) is 7.33. The van der Waals surface area contributed by atoms with Gasteiger partial charge >= 0.3 is 5.97 Å². The Hall–Kier alpha value is -4.38. The van der Waals surface area contributed by atoms with Crippen LogP contribution in [0.15, 0.2) is 65.1 Å². The van der Waals surface area contributed by atoms with E-state index in [0.29, 0.717) is 28.0 Å². The molecule has 1 aliphatic rings. The third-order valence-electron chi connectivity index (χ3n) is 6.20. The molecular weight excluding hydrogens is 515 g/mol. The molecule has 9 nitrogen and oxygen atoms in total. The average molecular weight is 539 g/mol. The molecule has 3 aromatic carbocycles. The number of carboxylic acids is 1. The van der Waals surface area contributed by atoms with Crippen LogP contribution in [0.3, 0.4) is 0 Å². The lowest BCUT2D eigenvalue weighted by Gasteiger charge is -2.23. The topological polar surface area (TPSA) is 140 Å². The number of sulfonamides is 1. The molecular formula is C27H23FN2O7S. The van der Waals surface area contributed by atoms with Crippen molar-refractivity contribution in [1.82, 2.24) is 0 Å². The van der Waals surface area contributed by atoms with Crippen LogP contribution in [0.25, 0.3) is 22.3 Å². The van der Waals surface area contributed by atoms with E-state index < -0.39 is 28.4 Å². The summed E-state index contributed by atoms with van der Waals surface area (Å²) < 4.78 is 50.8. The van der Waals surface area contributed by atoms with Gasteiger partial charge in [-0.2, -0.15) is 0 Å². The number of aromatic carboxylic acids is 1. The highest BCUT2D eigenvalue weighted by atomic mass is 32.2. The van der Waals surface area contributed by atoms with E-state index in [4.69, 9.17) is 14.9 Å². The van der Waals surface area contributed by atoms with E-state index >= 15 is 0 Å². The number of rotatable bonds is 9. The normalized spacial score (nSPS) is 13.4. The standard InChI is InChI=1S/C27H23FN2O7S/c1-38(34,35)30(14-24(29)31)22-13-23-21(12-20(22)15-2-3-15)25(27(32)33)26(37-23)16-4-8-18(9-5-16)36-19-10-6-17(28)7-11-19/h4-13,15H,2-3,14H2,1H3,(H2,29,31)(H,32,33). The van der Waals surface area contributed by atoms with Crippen molar-refractivity contribution in [2.75, 3.05) is 17.1 Å². The number of ether oxygens (including phenoxy) is 1. The van der Waals surface area contributed by atoms with Gasteiger partial charge in [-0.3, -0.25) is 9.10 Å². The molecule has 0 radical (unpaired) electrons. The Balaban J connectivity index is 1.60. The van der Waals surface area contributed by atoms with Crippen LogP contribution >= 0.6 is 0 Å². The van der Waals surface area contributed by atoms with Crippen LogP contribution in [0.5, 0.6) is 11.5 Å². The summed E-state index contributed by atoms with van der Waals surface area (Å²) in [5.74, 6) is -1.44. The number of nitrogens with two attached hydrogens (primary N) is 1. The average Bonchev–Trinajstić information content (AvgIpc) is 3.63. The van der Waals surface area contributed by atoms with E-state index in [0.717, 1.165) is 23.4 Å². The lowest BCUT2D eigenvalue weighted by molar-refractivity contribution is -0.116. The summed E-state index contributed by atoms with van der Waals surface area (Å²) in [7, 11) is -3.87. The van der Waals surface area contributed by atoms with Gasteiger partial charge in [0.25, 0.3) is 0 Å². The van der Waals surface area contributed by atoms with Crippen molar-refractivity contribution < 1.29 is 36.7 Å². The molecule has 3 N–H and O–H groups in total. The first-order chi connectivity index (χ1) is 18.0. The van der Waals surface area contributed by atoms with Crippen molar-refractivity contribution in [3.05, 3.63) is 77.6 Å². The van der Waals surface area contributed by atoms with Gasteiger partial charge in [-0.25, -0.2) is 17.6 Å². The summed E-state index contributed by atoms with van der Waals surface area (Å²) in [5.41, 5.74) is 6.71. The van der Waals surface area contributed by atoms with Gasteiger partial charge in [-0.05, 0) is 78.9 Å². The molecule has 0 spiro atoms. The van der Waals surface area contributed by atoms with Gasteiger partial charge in [0.1, 0.15) is 40.8 Å². The first-order valence-electron chi connectivity index (χ1n) is 11.6. The van der Waals surface area contributed by atoms with Crippen molar-refractivity contribution in [2.45, 2.75) is 18.8 Å².